The minimum atomic E-state index is -0.686. The number of nitrogens with zero attached hydrogens (tertiary/aromatic N) is 1. The van der Waals surface area contributed by atoms with Crippen LogP contribution in [-0.2, 0) is 28.4 Å². The smallest absolute Gasteiger partial charge is 0.469 e. The molecule has 0 spiro atoms. The summed E-state index contributed by atoms with van der Waals surface area (Å²) < 4.78 is 22.4. The van der Waals surface area contributed by atoms with Crippen molar-refractivity contribution < 1.29 is 33.2 Å². The number of carbonyl (C=O) groups is 3. The zero-order valence-corrected chi connectivity index (χ0v) is 20.1. The number of fused-ring (bicyclic) bond motifs is 1. The summed E-state index contributed by atoms with van der Waals surface area (Å²) in [5.41, 5.74) is 0.0490. The van der Waals surface area contributed by atoms with E-state index in [9.17, 15) is 14.4 Å². The van der Waals surface area contributed by atoms with Gasteiger partial charge in [0.2, 0.25) is 0 Å². The summed E-state index contributed by atoms with van der Waals surface area (Å²) in [6.45, 7) is 12.8. The molecule has 2 aliphatic rings. The third-order valence-corrected chi connectivity index (χ3v) is 6.14. The summed E-state index contributed by atoms with van der Waals surface area (Å²) in [6.07, 6.45) is -0.0616. The zero-order chi connectivity index (χ0) is 24.1. The molecule has 0 bridgehead atoms. The van der Waals surface area contributed by atoms with E-state index in [4.69, 9.17) is 18.8 Å². The van der Waals surface area contributed by atoms with Gasteiger partial charge in [-0.1, -0.05) is 12.1 Å². The van der Waals surface area contributed by atoms with Crippen LogP contribution in [0.2, 0.25) is 0 Å². The van der Waals surface area contributed by atoms with Crippen LogP contribution in [0, 0.1) is 0 Å². The maximum absolute atomic E-state index is 13.3. The third kappa shape index (κ3) is 4.69. The van der Waals surface area contributed by atoms with Crippen molar-refractivity contribution in [1.82, 2.24) is 4.90 Å². The van der Waals surface area contributed by atoms with Crippen molar-refractivity contribution in [3.05, 3.63) is 29.3 Å². The SMILES string of the molecule is COC(=O)CC1c2ccc(B3OC(C)(C)C(C)(C)O3)cc2C(=O)N1CC(=O)OC(C)(C)C. The first-order chi connectivity index (χ1) is 14.6. The fourth-order valence-electron chi connectivity index (χ4n) is 3.80. The highest BCUT2D eigenvalue weighted by molar-refractivity contribution is 6.62. The average Bonchev–Trinajstić information content (AvgIpc) is 3.03. The van der Waals surface area contributed by atoms with E-state index < -0.39 is 41.9 Å². The van der Waals surface area contributed by atoms with Gasteiger partial charge in [0.25, 0.3) is 5.91 Å². The fraction of sp³-hybridized carbons (Fsp3) is 0.609. The lowest BCUT2D eigenvalue weighted by atomic mass is 9.77. The van der Waals surface area contributed by atoms with Gasteiger partial charge in [-0.25, -0.2) is 0 Å². The van der Waals surface area contributed by atoms with Crippen molar-refractivity contribution in [3.63, 3.8) is 0 Å². The molecule has 1 aromatic carbocycles. The first-order valence-corrected chi connectivity index (χ1v) is 10.7. The molecule has 0 aromatic heterocycles. The molecule has 174 valence electrons. The van der Waals surface area contributed by atoms with Crippen LogP contribution in [0.25, 0.3) is 0 Å². The second-order valence-electron chi connectivity index (χ2n) is 10.3. The second-order valence-corrected chi connectivity index (χ2v) is 10.3. The van der Waals surface area contributed by atoms with Crippen LogP contribution in [0.15, 0.2) is 18.2 Å². The number of carbonyl (C=O) groups excluding carboxylic acids is 3. The highest BCUT2D eigenvalue weighted by atomic mass is 16.7. The van der Waals surface area contributed by atoms with Crippen LogP contribution in [0.1, 0.15) is 76.9 Å². The normalized spacial score (nSPS) is 21.5. The number of benzene rings is 1. The van der Waals surface area contributed by atoms with Crippen LogP contribution >= 0.6 is 0 Å². The predicted octanol–water partition coefficient (Wildman–Crippen LogP) is 2.39. The van der Waals surface area contributed by atoms with Crippen LogP contribution < -0.4 is 5.46 Å². The Morgan fingerprint density at radius 2 is 1.69 bits per heavy atom. The van der Waals surface area contributed by atoms with E-state index in [2.05, 4.69) is 0 Å². The molecule has 2 aliphatic heterocycles. The lowest BCUT2D eigenvalue weighted by Gasteiger charge is -2.32. The second kappa shape index (κ2) is 8.19. The highest BCUT2D eigenvalue weighted by Gasteiger charge is 2.52. The first-order valence-electron chi connectivity index (χ1n) is 10.7. The number of ether oxygens (including phenoxy) is 2. The molecular weight excluding hydrogens is 413 g/mol. The van der Waals surface area contributed by atoms with Gasteiger partial charge >= 0.3 is 19.1 Å². The molecule has 32 heavy (non-hydrogen) atoms. The summed E-state index contributed by atoms with van der Waals surface area (Å²) >= 11 is 0. The van der Waals surface area contributed by atoms with Crippen LogP contribution in [-0.4, -0.2) is 60.3 Å². The molecule has 2 heterocycles. The van der Waals surface area contributed by atoms with Crippen LogP contribution in [0.5, 0.6) is 0 Å². The Bertz CT molecular complexity index is 919. The van der Waals surface area contributed by atoms with Gasteiger partial charge in [-0.05, 0) is 65.6 Å². The minimum absolute atomic E-state index is 0.0616. The molecule has 1 aromatic rings. The van der Waals surface area contributed by atoms with Gasteiger partial charge in [0.1, 0.15) is 12.1 Å². The number of rotatable bonds is 5. The molecule has 0 aliphatic carbocycles. The van der Waals surface area contributed by atoms with Gasteiger partial charge in [0, 0.05) is 5.56 Å². The number of amides is 1. The van der Waals surface area contributed by atoms with E-state index >= 15 is 0 Å². The summed E-state index contributed by atoms with van der Waals surface area (Å²) in [4.78, 5) is 39.2. The molecule has 0 saturated carbocycles. The Balaban J connectivity index is 1.91. The maximum atomic E-state index is 13.3. The number of hydrogen-bond donors (Lipinski definition) is 0. The molecule has 1 unspecified atom stereocenters. The summed E-state index contributed by atoms with van der Waals surface area (Å²) in [5, 5.41) is 0. The molecule has 1 atom stereocenters. The van der Waals surface area contributed by atoms with Gasteiger partial charge in [-0.3, -0.25) is 14.4 Å². The summed E-state index contributed by atoms with van der Waals surface area (Å²) in [7, 11) is 0.664. The van der Waals surface area contributed by atoms with Gasteiger partial charge in [-0.15, -0.1) is 0 Å². The van der Waals surface area contributed by atoms with Crippen molar-refractivity contribution >= 4 is 30.4 Å². The zero-order valence-electron chi connectivity index (χ0n) is 20.1. The number of esters is 2. The van der Waals surface area contributed by atoms with Gasteiger partial charge in [0.15, 0.2) is 0 Å². The van der Waals surface area contributed by atoms with Crippen molar-refractivity contribution in [2.75, 3.05) is 13.7 Å². The van der Waals surface area contributed by atoms with Crippen LogP contribution in [0.3, 0.4) is 0 Å². The Morgan fingerprint density at radius 3 is 2.22 bits per heavy atom. The third-order valence-electron chi connectivity index (χ3n) is 6.14. The van der Waals surface area contributed by atoms with E-state index in [1.807, 2.05) is 33.8 Å². The maximum Gasteiger partial charge on any atom is 0.494 e. The quantitative estimate of drug-likeness (QED) is 0.508. The van der Waals surface area contributed by atoms with Crippen molar-refractivity contribution in [3.8, 4) is 0 Å². The topological polar surface area (TPSA) is 91.4 Å². The monoisotopic (exact) mass is 445 g/mol. The number of methoxy groups -OCH3 is 1. The van der Waals surface area contributed by atoms with Crippen LogP contribution in [0.4, 0.5) is 0 Å². The largest absolute Gasteiger partial charge is 0.494 e. The molecule has 1 saturated heterocycles. The van der Waals surface area contributed by atoms with Gasteiger partial charge < -0.3 is 23.7 Å². The molecular formula is C23H32BNO7. The molecule has 0 radical (unpaired) electrons. The van der Waals surface area contributed by atoms with Gasteiger partial charge in [-0.2, -0.15) is 0 Å². The van der Waals surface area contributed by atoms with Crippen molar-refractivity contribution in [2.45, 2.75) is 77.7 Å². The van der Waals surface area contributed by atoms with Crippen molar-refractivity contribution in [1.29, 1.82) is 0 Å². The van der Waals surface area contributed by atoms with Crippen molar-refractivity contribution in [2.24, 2.45) is 0 Å². The minimum Gasteiger partial charge on any atom is -0.469 e. The summed E-state index contributed by atoms with van der Waals surface area (Å²) in [6, 6.07) is 4.72. The Hall–Kier alpha value is -2.39. The Morgan fingerprint density at radius 1 is 1.09 bits per heavy atom. The highest BCUT2D eigenvalue weighted by Crippen LogP contribution is 2.38. The predicted molar refractivity (Wildman–Crippen MR) is 118 cm³/mol. The van der Waals surface area contributed by atoms with E-state index in [-0.39, 0.29) is 18.9 Å². The van der Waals surface area contributed by atoms with E-state index in [1.165, 1.54) is 12.0 Å². The molecule has 8 nitrogen and oxygen atoms in total. The Kier molecular flexibility index (Phi) is 6.21. The average molecular weight is 445 g/mol. The molecule has 1 fully saturated rings. The lowest BCUT2D eigenvalue weighted by molar-refractivity contribution is -0.156. The lowest BCUT2D eigenvalue weighted by Crippen LogP contribution is -2.41. The van der Waals surface area contributed by atoms with Gasteiger partial charge in [0.05, 0.1) is 30.8 Å². The first kappa shape index (κ1) is 24.3. The molecule has 1 amide bonds. The summed E-state index contributed by atoms with van der Waals surface area (Å²) in [5.74, 6) is -1.36. The molecule has 9 heteroatoms. The van der Waals surface area contributed by atoms with E-state index in [1.54, 1.807) is 32.9 Å². The number of hydrogen-bond acceptors (Lipinski definition) is 7. The fourth-order valence-corrected chi connectivity index (χ4v) is 3.80. The molecule has 3 rings (SSSR count). The van der Waals surface area contributed by atoms with E-state index in [0.717, 1.165) is 0 Å². The van der Waals surface area contributed by atoms with E-state index in [0.29, 0.717) is 16.6 Å². The molecule has 0 N–H and O–H groups in total. The standard InChI is InChI=1S/C23H32BNO7/c1-21(2,3)30-19(27)13-25-17(12-18(26)29-8)15-10-9-14(11-16(15)20(25)28)24-31-22(4,5)23(6,7)32-24/h9-11,17H,12-13H2,1-8H3. The Labute approximate surface area is 189 Å².